The fourth-order valence-electron chi connectivity index (χ4n) is 1.20. The third kappa shape index (κ3) is 3.41. The average Bonchev–Trinajstić information content (AvgIpc) is 2.32. The SMILES string of the molecule is Nc1ncc(Br)c(OCc2ccc(Br)cc2)n1. The number of rotatable bonds is 3. The van der Waals surface area contributed by atoms with Gasteiger partial charge in [0.1, 0.15) is 6.61 Å². The van der Waals surface area contributed by atoms with Crippen LogP contribution in [0.25, 0.3) is 0 Å². The highest BCUT2D eigenvalue weighted by molar-refractivity contribution is 9.10. The van der Waals surface area contributed by atoms with Crippen molar-refractivity contribution in [1.29, 1.82) is 0 Å². The maximum Gasteiger partial charge on any atom is 0.233 e. The minimum Gasteiger partial charge on any atom is -0.472 e. The van der Waals surface area contributed by atoms with E-state index in [1.165, 1.54) is 0 Å². The highest BCUT2D eigenvalue weighted by atomic mass is 79.9. The van der Waals surface area contributed by atoms with Gasteiger partial charge in [-0.25, -0.2) is 4.98 Å². The van der Waals surface area contributed by atoms with Gasteiger partial charge in [0.25, 0.3) is 0 Å². The number of halogens is 2. The van der Waals surface area contributed by atoms with Crippen molar-refractivity contribution in [1.82, 2.24) is 9.97 Å². The summed E-state index contributed by atoms with van der Waals surface area (Å²) in [6, 6.07) is 7.87. The third-order valence-electron chi connectivity index (χ3n) is 2.02. The number of nitrogen functional groups attached to an aromatic ring is 1. The summed E-state index contributed by atoms with van der Waals surface area (Å²) < 4.78 is 7.27. The van der Waals surface area contributed by atoms with E-state index >= 15 is 0 Å². The van der Waals surface area contributed by atoms with Gasteiger partial charge in [-0.15, -0.1) is 0 Å². The number of aromatic nitrogens is 2. The second-order valence-corrected chi connectivity index (χ2v) is 5.07. The predicted molar refractivity (Wildman–Crippen MR) is 72.6 cm³/mol. The van der Waals surface area contributed by atoms with E-state index in [4.69, 9.17) is 10.5 Å². The number of anilines is 1. The molecule has 0 bridgehead atoms. The molecular weight excluding hydrogens is 350 g/mol. The first-order chi connectivity index (χ1) is 8.15. The highest BCUT2D eigenvalue weighted by Crippen LogP contribution is 2.22. The maximum atomic E-state index is 5.55. The molecule has 17 heavy (non-hydrogen) atoms. The molecule has 0 atom stereocenters. The summed E-state index contributed by atoms with van der Waals surface area (Å²) in [6.07, 6.45) is 1.57. The first-order valence-electron chi connectivity index (χ1n) is 4.80. The third-order valence-corrected chi connectivity index (χ3v) is 3.09. The van der Waals surface area contributed by atoms with Crippen molar-refractivity contribution in [3.63, 3.8) is 0 Å². The van der Waals surface area contributed by atoms with Gasteiger partial charge in [0.05, 0.1) is 10.7 Å². The van der Waals surface area contributed by atoms with E-state index in [-0.39, 0.29) is 5.95 Å². The molecule has 2 N–H and O–H groups in total. The monoisotopic (exact) mass is 357 g/mol. The number of ether oxygens (including phenoxy) is 1. The summed E-state index contributed by atoms with van der Waals surface area (Å²) in [6.45, 7) is 0.433. The molecule has 2 rings (SSSR count). The normalized spacial score (nSPS) is 10.2. The Kier molecular flexibility index (Phi) is 3.96. The number of hydrogen-bond donors (Lipinski definition) is 1. The molecule has 1 heterocycles. The molecule has 0 aliphatic rings. The maximum absolute atomic E-state index is 5.55. The zero-order valence-corrected chi connectivity index (χ0v) is 11.9. The smallest absolute Gasteiger partial charge is 0.233 e. The van der Waals surface area contributed by atoms with Crippen molar-refractivity contribution < 1.29 is 4.74 Å². The lowest BCUT2D eigenvalue weighted by atomic mass is 10.2. The summed E-state index contributed by atoms with van der Waals surface area (Å²) in [5.74, 6) is 0.638. The van der Waals surface area contributed by atoms with Crippen molar-refractivity contribution in [2.45, 2.75) is 6.61 Å². The van der Waals surface area contributed by atoms with Crippen LogP contribution in [0.2, 0.25) is 0 Å². The fraction of sp³-hybridized carbons (Fsp3) is 0.0909. The summed E-state index contributed by atoms with van der Waals surface area (Å²) >= 11 is 6.68. The van der Waals surface area contributed by atoms with Crippen LogP contribution in [-0.4, -0.2) is 9.97 Å². The number of nitrogens with two attached hydrogens (primary N) is 1. The van der Waals surface area contributed by atoms with Gasteiger partial charge in [0.2, 0.25) is 11.8 Å². The molecule has 0 aliphatic heterocycles. The van der Waals surface area contributed by atoms with E-state index in [1.807, 2.05) is 24.3 Å². The Morgan fingerprint density at radius 3 is 2.59 bits per heavy atom. The number of hydrogen-bond acceptors (Lipinski definition) is 4. The van der Waals surface area contributed by atoms with Crippen LogP contribution in [0.3, 0.4) is 0 Å². The van der Waals surface area contributed by atoms with E-state index < -0.39 is 0 Å². The van der Waals surface area contributed by atoms with Gasteiger partial charge in [0.15, 0.2) is 0 Å². The first-order valence-corrected chi connectivity index (χ1v) is 6.39. The van der Waals surface area contributed by atoms with Crippen molar-refractivity contribution in [3.05, 3.63) is 45.0 Å². The van der Waals surface area contributed by atoms with Crippen LogP contribution in [0.15, 0.2) is 39.4 Å². The Bertz CT molecular complexity index is 517. The van der Waals surface area contributed by atoms with E-state index in [0.717, 1.165) is 10.0 Å². The van der Waals surface area contributed by atoms with Gasteiger partial charge in [0, 0.05) is 4.47 Å². The standard InChI is InChI=1S/C11H9Br2N3O/c12-8-3-1-7(2-4-8)6-17-10-9(13)5-15-11(14)16-10/h1-5H,6H2,(H2,14,15,16). The first kappa shape index (κ1) is 12.3. The summed E-state index contributed by atoms with van der Waals surface area (Å²) in [7, 11) is 0. The lowest BCUT2D eigenvalue weighted by molar-refractivity contribution is 0.291. The molecule has 0 saturated heterocycles. The summed E-state index contributed by atoms with van der Waals surface area (Å²) in [4.78, 5) is 7.83. The number of benzene rings is 1. The Morgan fingerprint density at radius 1 is 1.18 bits per heavy atom. The molecule has 0 aliphatic carbocycles. The molecule has 6 heteroatoms. The molecule has 0 amide bonds. The minimum atomic E-state index is 0.194. The van der Waals surface area contributed by atoms with Crippen LogP contribution in [-0.2, 0) is 6.61 Å². The van der Waals surface area contributed by atoms with Crippen molar-refractivity contribution in [3.8, 4) is 5.88 Å². The Labute approximate surface area is 115 Å². The van der Waals surface area contributed by atoms with Crippen LogP contribution in [0.4, 0.5) is 5.95 Å². The predicted octanol–water partition coefficient (Wildman–Crippen LogP) is 3.16. The average molecular weight is 359 g/mol. The minimum absolute atomic E-state index is 0.194. The van der Waals surface area contributed by atoms with Gasteiger partial charge in [-0.05, 0) is 33.6 Å². The Balaban J connectivity index is 2.07. The molecule has 1 aromatic heterocycles. The highest BCUT2D eigenvalue weighted by Gasteiger charge is 2.04. The van der Waals surface area contributed by atoms with E-state index in [2.05, 4.69) is 41.8 Å². The topological polar surface area (TPSA) is 61.0 Å². The Hall–Kier alpha value is -1.14. The van der Waals surface area contributed by atoms with Gasteiger partial charge in [-0.2, -0.15) is 4.98 Å². The molecule has 88 valence electrons. The molecule has 2 aromatic rings. The largest absolute Gasteiger partial charge is 0.472 e. The molecule has 0 unspecified atom stereocenters. The van der Waals surface area contributed by atoms with Crippen LogP contribution in [0.5, 0.6) is 5.88 Å². The van der Waals surface area contributed by atoms with Crippen LogP contribution in [0.1, 0.15) is 5.56 Å². The van der Waals surface area contributed by atoms with Crippen molar-refractivity contribution in [2.75, 3.05) is 5.73 Å². The molecule has 0 saturated carbocycles. The lowest BCUT2D eigenvalue weighted by Crippen LogP contribution is -2.01. The zero-order chi connectivity index (χ0) is 12.3. The van der Waals surface area contributed by atoms with Gasteiger partial charge >= 0.3 is 0 Å². The van der Waals surface area contributed by atoms with Crippen LogP contribution < -0.4 is 10.5 Å². The van der Waals surface area contributed by atoms with E-state index in [0.29, 0.717) is 17.0 Å². The molecule has 0 spiro atoms. The van der Waals surface area contributed by atoms with Crippen LogP contribution >= 0.6 is 31.9 Å². The fourth-order valence-corrected chi connectivity index (χ4v) is 1.77. The summed E-state index contributed by atoms with van der Waals surface area (Å²) in [5, 5.41) is 0. The second kappa shape index (κ2) is 5.46. The number of nitrogens with zero attached hydrogens (tertiary/aromatic N) is 2. The molecule has 1 aromatic carbocycles. The lowest BCUT2D eigenvalue weighted by Gasteiger charge is -2.07. The molecule has 4 nitrogen and oxygen atoms in total. The molecular formula is C11H9Br2N3O. The van der Waals surface area contributed by atoms with Crippen LogP contribution in [0, 0.1) is 0 Å². The molecule has 0 fully saturated rings. The van der Waals surface area contributed by atoms with Gasteiger partial charge < -0.3 is 10.5 Å². The quantitative estimate of drug-likeness (QED) is 0.915. The van der Waals surface area contributed by atoms with Crippen molar-refractivity contribution in [2.24, 2.45) is 0 Å². The Morgan fingerprint density at radius 2 is 1.88 bits per heavy atom. The van der Waals surface area contributed by atoms with Gasteiger partial charge in [-0.3, -0.25) is 0 Å². The summed E-state index contributed by atoms with van der Waals surface area (Å²) in [5.41, 5.74) is 6.54. The van der Waals surface area contributed by atoms with E-state index in [9.17, 15) is 0 Å². The van der Waals surface area contributed by atoms with Gasteiger partial charge in [-0.1, -0.05) is 28.1 Å². The van der Waals surface area contributed by atoms with Crippen molar-refractivity contribution >= 4 is 37.8 Å². The zero-order valence-electron chi connectivity index (χ0n) is 8.73. The molecule has 0 radical (unpaired) electrons. The second-order valence-electron chi connectivity index (χ2n) is 3.30. The van der Waals surface area contributed by atoms with E-state index in [1.54, 1.807) is 6.20 Å².